The number of aromatic nitrogens is 1. The molecule has 0 bridgehead atoms. The second-order valence-corrected chi connectivity index (χ2v) is 8.15. The van der Waals surface area contributed by atoms with Crippen LogP contribution in [0.2, 0.25) is 0 Å². The van der Waals surface area contributed by atoms with Gasteiger partial charge in [-0.1, -0.05) is 6.08 Å². The number of phosphoric acid groups is 1. The number of aliphatic imine (C=N–C) groups is 1. The summed E-state index contributed by atoms with van der Waals surface area (Å²) in [6, 6.07) is 0. The molecule has 0 aliphatic rings. The first-order chi connectivity index (χ1) is 12.3. The number of carbonyl (C=O) groups is 1. The topological polar surface area (TPSA) is 207 Å². The zero-order chi connectivity index (χ0) is 20.8. The first-order valence-electron chi connectivity index (χ1n) is 7.15. The molecule has 1 heterocycles. The van der Waals surface area contributed by atoms with E-state index in [9.17, 15) is 19.0 Å². The highest BCUT2D eigenvalue weighted by Crippen LogP contribution is 2.38. The Morgan fingerprint density at radius 2 is 1.93 bits per heavy atom. The summed E-state index contributed by atoms with van der Waals surface area (Å²) in [5.74, 6) is -1.83. The van der Waals surface area contributed by atoms with Crippen LogP contribution in [0.5, 0.6) is 5.75 Å². The van der Waals surface area contributed by atoms with Gasteiger partial charge < -0.3 is 29.8 Å². The lowest BCUT2D eigenvalue weighted by Gasteiger charge is -2.12. The van der Waals surface area contributed by atoms with E-state index in [2.05, 4.69) is 14.5 Å². The van der Waals surface area contributed by atoms with Crippen LogP contribution in [0, 0.1) is 6.92 Å². The van der Waals surface area contributed by atoms with E-state index < -0.39 is 46.4 Å². The van der Waals surface area contributed by atoms with Gasteiger partial charge in [0.05, 0.1) is 25.0 Å². The van der Waals surface area contributed by atoms with Gasteiger partial charge >= 0.3 is 21.4 Å². The molecule has 12 nitrogen and oxygen atoms in total. The van der Waals surface area contributed by atoms with Gasteiger partial charge in [0.2, 0.25) is 0 Å². The molecule has 0 aromatic carbocycles. The molecule has 0 unspecified atom stereocenters. The Labute approximate surface area is 153 Å². The number of phosphoric ester groups is 1. The fourth-order valence-corrected chi connectivity index (χ4v) is 2.48. The van der Waals surface area contributed by atoms with Crippen LogP contribution in [0.1, 0.15) is 16.8 Å². The van der Waals surface area contributed by atoms with Crippen molar-refractivity contribution in [2.75, 3.05) is 6.16 Å². The van der Waals surface area contributed by atoms with Crippen LogP contribution in [0.25, 0.3) is 0 Å². The molecule has 0 atom stereocenters. The highest BCUT2D eigenvalue weighted by atomic mass is 31.2. The molecule has 14 heteroatoms. The van der Waals surface area contributed by atoms with Crippen molar-refractivity contribution in [3.05, 3.63) is 35.2 Å². The van der Waals surface area contributed by atoms with Crippen molar-refractivity contribution < 1.29 is 48.2 Å². The fourth-order valence-electron chi connectivity index (χ4n) is 1.80. The maximum Gasteiger partial charge on any atom is 0.469 e. The third-order valence-corrected chi connectivity index (χ3v) is 4.22. The predicted octanol–water partition coefficient (Wildman–Crippen LogP) is 0.464. The molecule has 1 rings (SSSR count). The summed E-state index contributed by atoms with van der Waals surface area (Å²) in [5, 5.41) is 19.2. The molecule has 0 aliphatic heterocycles. The van der Waals surface area contributed by atoms with E-state index in [4.69, 9.17) is 24.7 Å². The van der Waals surface area contributed by atoms with Gasteiger partial charge in [0, 0.05) is 17.3 Å². The number of carboxylic acids is 1. The summed E-state index contributed by atoms with van der Waals surface area (Å²) in [6.07, 6.45) is 2.36. The molecule has 0 aliphatic carbocycles. The van der Waals surface area contributed by atoms with Crippen LogP contribution in [0.15, 0.2) is 23.3 Å². The van der Waals surface area contributed by atoms with Crippen molar-refractivity contribution in [1.29, 1.82) is 0 Å². The highest BCUT2D eigenvalue weighted by molar-refractivity contribution is 7.51. The summed E-state index contributed by atoms with van der Waals surface area (Å²) in [7, 11) is -9.14. The van der Waals surface area contributed by atoms with Crippen molar-refractivity contribution >= 4 is 27.1 Å². The van der Waals surface area contributed by atoms with Gasteiger partial charge in [0.1, 0.15) is 11.5 Å². The maximum absolute atomic E-state index is 11.2. The maximum atomic E-state index is 11.2. The van der Waals surface area contributed by atoms with E-state index in [-0.39, 0.29) is 22.6 Å². The van der Waals surface area contributed by atoms with E-state index in [1.807, 2.05) is 0 Å². The minimum atomic E-state index is -4.79. The Balaban J connectivity index is 3.14. The zero-order valence-corrected chi connectivity index (χ0v) is 15.7. The molecule has 1 aromatic heterocycles. The quantitative estimate of drug-likeness (QED) is 0.237. The van der Waals surface area contributed by atoms with Gasteiger partial charge in [0.15, 0.2) is 0 Å². The molecule has 6 N–H and O–H groups in total. The van der Waals surface area contributed by atoms with Gasteiger partial charge in [0.25, 0.3) is 0 Å². The Bertz CT molecular complexity index is 855. The minimum Gasteiger partial charge on any atom is -0.506 e. The second kappa shape index (κ2) is 9.34. The number of nitrogens with zero attached hydrogens (tertiary/aromatic N) is 2. The fraction of sp³-hybridized carbons (Fsp3) is 0.308. The Morgan fingerprint density at radius 1 is 1.30 bits per heavy atom. The predicted molar refractivity (Wildman–Crippen MR) is 92.3 cm³/mol. The summed E-state index contributed by atoms with van der Waals surface area (Å²) in [4.78, 5) is 53.9. The third-order valence-electron chi connectivity index (χ3n) is 3.06. The molecule has 0 amide bonds. The lowest BCUT2D eigenvalue weighted by Crippen LogP contribution is -2.11. The summed E-state index contributed by atoms with van der Waals surface area (Å²) in [5.41, 5.74) is -0.250. The Morgan fingerprint density at radius 3 is 2.44 bits per heavy atom. The molecule has 0 fully saturated rings. The molecule has 1 aromatic rings. The molecule has 0 saturated heterocycles. The second-order valence-electron chi connectivity index (χ2n) is 5.22. The van der Waals surface area contributed by atoms with E-state index in [1.165, 1.54) is 13.1 Å². The largest absolute Gasteiger partial charge is 0.506 e. The van der Waals surface area contributed by atoms with Crippen LogP contribution in [-0.4, -0.2) is 52.6 Å². The van der Waals surface area contributed by atoms with Gasteiger partial charge in [-0.15, -0.1) is 0 Å². The number of aryl methyl sites for hydroxylation is 1. The number of allylic oxidation sites excluding steroid dienone is 1. The van der Waals surface area contributed by atoms with Crippen molar-refractivity contribution in [1.82, 2.24) is 4.98 Å². The first kappa shape index (κ1) is 23.1. The summed E-state index contributed by atoms with van der Waals surface area (Å²) >= 11 is 0. The van der Waals surface area contributed by atoms with Crippen LogP contribution in [0.4, 0.5) is 0 Å². The Hall–Kier alpha value is -1.91. The number of carboxylic acid groups (broad SMARTS) is 1. The summed E-state index contributed by atoms with van der Waals surface area (Å²) < 4.78 is 26.0. The van der Waals surface area contributed by atoms with Crippen LogP contribution in [-0.2, 0) is 31.6 Å². The van der Waals surface area contributed by atoms with Crippen molar-refractivity contribution in [3.63, 3.8) is 0 Å². The van der Waals surface area contributed by atoms with E-state index in [0.717, 1.165) is 12.2 Å². The molecule has 0 radical (unpaired) electrons. The number of pyridine rings is 1. The average Bonchev–Trinajstić information content (AvgIpc) is 2.50. The van der Waals surface area contributed by atoms with Gasteiger partial charge in [-0.3, -0.25) is 19.1 Å². The van der Waals surface area contributed by atoms with Crippen LogP contribution >= 0.6 is 15.4 Å². The number of aliphatic carboxylic acids is 1. The van der Waals surface area contributed by atoms with Gasteiger partial charge in [-0.25, -0.2) is 9.36 Å². The molecular formula is C13H18N2O10P2. The minimum absolute atomic E-state index is 0.0399. The van der Waals surface area contributed by atoms with Gasteiger partial charge in [-0.2, -0.15) is 0 Å². The normalized spacial score (nSPS) is 13.3. The highest BCUT2D eigenvalue weighted by Gasteiger charge is 2.18. The third kappa shape index (κ3) is 8.55. The first-order valence-corrected chi connectivity index (χ1v) is 10.5. The van der Waals surface area contributed by atoms with Crippen LogP contribution in [0.3, 0.4) is 0 Å². The van der Waals surface area contributed by atoms with Crippen LogP contribution < -0.4 is 0 Å². The SMILES string of the molecule is Cc1ncc(COP(=O)(O)O)c(CN=C(C=CCP(=O)(O)O)C(=O)O)c1O. The number of hydrogen-bond acceptors (Lipinski definition) is 7. The van der Waals surface area contributed by atoms with E-state index in [1.54, 1.807) is 0 Å². The van der Waals surface area contributed by atoms with Gasteiger partial charge in [-0.05, 0) is 13.0 Å². The lowest BCUT2D eigenvalue weighted by atomic mass is 10.1. The smallest absolute Gasteiger partial charge is 0.469 e. The van der Waals surface area contributed by atoms with Crippen molar-refractivity contribution in [3.8, 4) is 5.75 Å². The lowest BCUT2D eigenvalue weighted by molar-refractivity contribution is -0.129. The molecule has 0 spiro atoms. The van der Waals surface area contributed by atoms with E-state index in [0.29, 0.717) is 0 Å². The number of aromatic hydroxyl groups is 1. The monoisotopic (exact) mass is 424 g/mol. The number of hydrogen-bond donors (Lipinski definition) is 6. The zero-order valence-electron chi connectivity index (χ0n) is 14.0. The molecular weight excluding hydrogens is 406 g/mol. The average molecular weight is 424 g/mol. The molecule has 0 saturated carbocycles. The van der Waals surface area contributed by atoms with Crippen molar-refractivity contribution in [2.45, 2.75) is 20.1 Å². The van der Waals surface area contributed by atoms with E-state index >= 15 is 0 Å². The molecule has 150 valence electrons. The Kier molecular flexibility index (Phi) is 8.00. The molecule has 27 heavy (non-hydrogen) atoms. The standard InChI is InChI=1S/C13H18N2O10P2/c1-8-12(16)10(9(5-14-8)7-25-27(22,23)24)6-15-11(13(17)18)3-2-4-26(19,20)21/h2-3,5,16H,4,6-7H2,1H3,(H,17,18)(H2,19,20,21)(H2,22,23,24). The summed E-state index contributed by atoms with van der Waals surface area (Å²) in [6.45, 7) is 0.442. The van der Waals surface area contributed by atoms with Crippen molar-refractivity contribution in [2.24, 2.45) is 4.99 Å². The number of rotatable bonds is 9.